The highest BCUT2D eigenvalue weighted by molar-refractivity contribution is 5.36. The molecular weight excluding hydrogens is 445 g/mol. The summed E-state index contributed by atoms with van der Waals surface area (Å²) in [5, 5.41) is 79.0. The van der Waals surface area contributed by atoms with Gasteiger partial charge in [0.05, 0.1) is 18.8 Å². The fourth-order valence-electron chi connectivity index (χ4n) is 3.92. The van der Waals surface area contributed by atoms with Crippen molar-refractivity contribution in [2.75, 3.05) is 13.2 Å². The molecule has 2 saturated heterocycles. The van der Waals surface area contributed by atoms with Gasteiger partial charge in [0.1, 0.15) is 61.0 Å². The Morgan fingerprint density at radius 1 is 0.625 bits per heavy atom. The summed E-state index contributed by atoms with van der Waals surface area (Å²) in [4.78, 5) is 0. The van der Waals surface area contributed by atoms with Crippen molar-refractivity contribution >= 4 is 0 Å². The lowest BCUT2D eigenvalue weighted by atomic mass is 9.86. The third kappa shape index (κ3) is 4.63. The molecule has 0 unspecified atom stereocenters. The monoisotopic (exact) mass is 470 g/mol. The molecule has 2 aliphatic heterocycles. The summed E-state index contributed by atoms with van der Waals surface area (Å²) in [5.74, 6) is 0. The maximum atomic E-state index is 13.6. The molecule has 0 amide bonds. The molecule has 1 aromatic carbocycles. The van der Waals surface area contributed by atoms with Gasteiger partial charge in [-0.2, -0.15) is 13.2 Å². The third-order valence-corrected chi connectivity index (χ3v) is 5.75. The summed E-state index contributed by atoms with van der Waals surface area (Å²) >= 11 is 0. The Labute approximate surface area is 179 Å². The number of halogens is 3. The first-order valence-corrected chi connectivity index (χ1v) is 9.73. The molecule has 2 aliphatic rings. The van der Waals surface area contributed by atoms with Gasteiger partial charge < -0.3 is 50.3 Å². The van der Waals surface area contributed by atoms with Gasteiger partial charge in [-0.25, -0.2) is 0 Å². The summed E-state index contributed by atoms with van der Waals surface area (Å²) in [7, 11) is 0. The van der Waals surface area contributed by atoms with Crippen LogP contribution in [0.3, 0.4) is 0 Å². The molecule has 0 radical (unpaired) electrons. The summed E-state index contributed by atoms with van der Waals surface area (Å²) in [5.41, 5.74) is -1.87. The van der Waals surface area contributed by atoms with Crippen molar-refractivity contribution in [3.05, 3.63) is 34.9 Å². The van der Waals surface area contributed by atoms with Gasteiger partial charge in [-0.05, 0) is 23.3 Å². The van der Waals surface area contributed by atoms with E-state index in [9.17, 15) is 54.0 Å². The van der Waals surface area contributed by atoms with Crippen LogP contribution in [0, 0.1) is 0 Å². The van der Waals surface area contributed by atoms with Crippen molar-refractivity contribution in [2.24, 2.45) is 0 Å². The highest BCUT2D eigenvalue weighted by Crippen LogP contribution is 2.40. The van der Waals surface area contributed by atoms with Crippen molar-refractivity contribution in [2.45, 2.75) is 67.2 Å². The second-order valence-corrected chi connectivity index (χ2v) is 7.89. The lowest BCUT2D eigenvalue weighted by Crippen LogP contribution is -2.55. The van der Waals surface area contributed by atoms with Crippen molar-refractivity contribution in [3.8, 4) is 0 Å². The number of benzene rings is 1. The lowest BCUT2D eigenvalue weighted by molar-refractivity contribution is -0.233. The molecule has 32 heavy (non-hydrogen) atoms. The first-order chi connectivity index (χ1) is 14.9. The van der Waals surface area contributed by atoms with E-state index in [1.54, 1.807) is 0 Å². The Balaban J connectivity index is 2.06. The van der Waals surface area contributed by atoms with Crippen molar-refractivity contribution in [3.63, 3.8) is 0 Å². The van der Waals surface area contributed by atoms with Crippen molar-refractivity contribution in [1.82, 2.24) is 0 Å². The molecule has 8 N–H and O–H groups in total. The summed E-state index contributed by atoms with van der Waals surface area (Å²) in [6.45, 7) is -1.58. The smallest absolute Gasteiger partial charge is 0.394 e. The van der Waals surface area contributed by atoms with Gasteiger partial charge in [0.25, 0.3) is 0 Å². The minimum absolute atomic E-state index is 0.316. The Morgan fingerprint density at radius 2 is 1.00 bits per heavy atom. The van der Waals surface area contributed by atoms with Crippen LogP contribution in [0.5, 0.6) is 0 Å². The first-order valence-electron chi connectivity index (χ1n) is 9.73. The van der Waals surface area contributed by atoms with Gasteiger partial charge in [0.2, 0.25) is 0 Å². The second-order valence-electron chi connectivity index (χ2n) is 7.89. The van der Waals surface area contributed by atoms with Gasteiger partial charge in [0, 0.05) is 0 Å². The molecule has 10 nitrogen and oxygen atoms in total. The number of aliphatic hydroxyl groups excluding tert-OH is 8. The average Bonchev–Trinajstić information content (AvgIpc) is 2.75. The molecule has 13 heteroatoms. The number of hydrogen-bond acceptors (Lipinski definition) is 10. The molecule has 0 spiro atoms. The van der Waals surface area contributed by atoms with Gasteiger partial charge in [-0.1, -0.05) is 6.07 Å². The molecule has 0 aliphatic carbocycles. The van der Waals surface area contributed by atoms with E-state index in [0.717, 1.165) is 6.07 Å². The summed E-state index contributed by atoms with van der Waals surface area (Å²) in [6, 6.07) is 2.31. The molecule has 182 valence electrons. The largest absolute Gasteiger partial charge is 0.416 e. The van der Waals surface area contributed by atoms with E-state index < -0.39 is 86.0 Å². The van der Waals surface area contributed by atoms with Gasteiger partial charge in [-0.15, -0.1) is 0 Å². The van der Waals surface area contributed by atoms with Crippen molar-refractivity contribution < 1.29 is 63.5 Å². The highest BCUT2D eigenvalue weighted by Gasteiger charge is 2.47. The fourth-order valence-corrected chi connectivity index (χ4v) is 3.92. The van der Waals surface area contributed by atoms with E-state index in [1.165, 1.54) is 0 Å². The molecule has 3 rings (SSSR count). The molecule has 2 fully saturated rings. The number of rotatable bonds is 4. The summed E-state index contributed by atoms with van der Waals surface area (Å²) < 4.78 is 51.4. The fraction of sp³-hybridized carbons (Fsp3) is 0.684. The maximum absolute atomic E-state index is 13.6. The Morgan fingerprint density at radius 3 is 1.31 bits per heavy atom. The van der Waals surface area contributed by atoms with Crippen LogP contribution in [-0.2, 0) is 15.7 Å². The summed E-state index contributed by atoms with van der Waals surface area (Å²) in [6.07, 6.45) is -21.7. The van der Waals surface area contributed by atoms with E-state index >= 15 is 0 Å². The topological polar surface area (TPSA) is 180 Å². The standard InChI is InChI=1S/C19H25F3O10/c20-19(21,22)8-2-6(17-15(29)13(27)11(25)9(4-23)31-17)1-7(3-8)18-16(30)14(28)12(26)10(5-24)32-18/h1-3,9-18,23-30H,4-5H2/t9-,10-,11-,12-,13+,14+,15+,16+,17-,18-/m1/s1. The predicted octanol–water partition coefficient (Wildman–Crippen LogP) is -2.26. The Hall–Kier alpha value is -1.39. The zero-order chi connectivity index (χ0) is 24.0. The SMILES string of the molecule is OC[C@H]1O[C@H](c2cc([C@H]3O[C@H](CO)[C@@H](O)[C@H](O)[C@@H]3O)cc(C(F)(F)F)c2)[C@@H](O)[C@@H](O)[C@@H]1O. The number of aliphatic hydroxyl groups is 8. The third-order valence-electron chi connectivity index (χ3n) is 5.75. The number of alkyl halides is 3. The van der Waals surface area contributed by atoms with E-state index in [1.807, 2.05) is 0 Å². The average molecular weight is 470 g/mol. The zero-order valence-electron chi connectivity index (χ0n) is 16.4. The van der Waals surface area contributed by atoms with Crippen LogP contribution >= 0.6 is 0 Å². The van der Waals surface area contributed by atoms with Gasteiger partial charge >= 0.3 is 6.18 Å². The van der Waals surface area contributed by atoms with E-state index in [0.29, 0.717) is 12.1 Å². The van der Waals surface area contributed by atoms with Crippen LogP contribution in [-0.4, -0.2) is 103 Å². The lowest BCUT2D eigenvalue weighted by Gasteiger charge is -2.42. The minimum Gasteiger partial charge on any atom is -0.394 e. The quantitative estimate of drug-likeness (QED) is 0.239. The molecule has 0 saturated carbocycles. The van der Waals surface area contributed by atoms with Gasteiger partial charge in [-0.3, -0.25) is 0 Å². The number of ether oxygens (including phenoxy) is 2. The normalized spacial score (nSPS) is 41.0. The molecule has 2 heterocycles. The zero-order valence-corrected chi connectivity index (χ0v) is 16.4. The van der Waals surface area contributed by atoms with Gasteiger partial charge in [0.15, 0.2) is 0 Å². The number of hydrogen-bond donors (Lipinski definition) is 8. The van der Waals surface area contributed by atoms with Crippen LogP contribution in [0.2, 0.25) is 0 Å². The van der Waals surface area contributed by atoms with Crippen LogP contribution in [0.15, 0.2) is 18.2 Å². The highest BCUT2D eigenvalue weighted by atomic mass is 19.4. The molecule has 1 aromatic rings. The van der Waals surface area contributed by atoms with Crippen LogP contribution in [0.25, 0.3) is 0 Å². The van der Waals surface area contributed by atoms with Crippen LogP contribution in [0.4, 0.5) is 13.2 Å². The first kappa shape index (κ1) is 25.2. The molecule has 10 atom stereocenters. The maximum Gasteiger partial charge on any atom is 0.416 e. The van der Waals surface area contributed by atoms with E-state index in [2.05, 4.69) is 0 Å². The Kier molecular flexibility index (Phi) is 7.46. The van der Waals surface area contributed by atoms with E-state index in [4.69, 9.17) is 9.47 Å². The molecule has 0 bridgehead atoms. The molecule has 0 aromatic heterocycles. The van der Waals surface area contributed by atoms with Crippen LogP contribution < -0.4 is 0 Å². The van der Waals surface area contributed by atoms with Crippen molar-refractivity contribution in [1.29, 1.82) is 0 Å². The predicted molar refractivity (Wildman–Crippen MR) is 96.9 cm³/mol. The van der Waals surface area contributed by atoms with Crippen LogP contribution in [0.1, 0.15) is 28.9 Å². The van der Waals surface area contributed by atoms with E-state index in [-0.39, 0.29) is 11.1 Å². The molecular formula is C19H25F3O10. The Bertz CT molecular complexity index is 735. The second kappa shape index (κ2) is 9.46. The minimum atomic E-state index is -4.90.